The van der Waals surface area contributed by atoms with E-state index in [4.69, 9.17) is 10.5 Å². The molecule has 0 saturated carbocycles. The van der Waals surface area contributed by atoms with Gasteiger partial charge in [0.1, 0.15) is 24.5 Å². The molecule has 2 aromatic heterocycles. The molecular weight excluding hydrogens is 244 g/mol. The number of aromatic nitrogens is 3. The van der Waals surface area contributed by atoms with Gasteiger partial charge >= 0.3 is 0 Å². The third kappa shape index (κ3) is 3.08. The van der Waals surface area contributed by atoms with E-state index in [1.54, 1.807) is 0 Å². The Kier molecular flexibility index (Phi) is 3.67. The molecule has 0 unspecified atom stereocenters. The Bertz CT molecular complexity index is 532. The molecule has 0 bridgehead atoms. The first-order valence-electron chi connectivity index (χ1n) is 6.10. The maximum absolute atomic E-state index is 5.78. The van der Waals surface area contributed by atoms with Gasteiger partial charge < -0.3 is 15.0 Å². The summed E-state index contributed by atoms with van der Waals surface area (Å²) in [4.78, 5) is 8.20. The van der Waals surface area contributed by atoms with E-state index in [2.05, 4.69) is 29.6 Å². The molecule has 0 aliphatic rings. The smallest absolute Gasteiger partial charge is 0.147 e. The van der Waals surface area contributed by atoms with Crippen LogP contribution in [0.5, 0.6) is 0 Å². The van der Waals surface area contributed by atoms with Crippen molar-refractivity contribution >= 4 is 24.9 Å². The zero-order valence-electron chi connectivity index (χ0n) is 11.2. The van der Waals surface area contributed by atoms with Crippen molar-refractivity contribution in [1.29, 1.82) is 0 Å². The number of ether oxygens (including phenoxy) is 1. The van der Waals surface area contributed by atoms with E-state index in [1.165, 1.54) is 12.4 Å². The molecule has 0 aliphatic heterocycles. The first-order valence-corrected chi connectivity index (χ1v) is 9.81. The fraction of sp³-hybridized carbons (Fsp3) is 0.500. The standard InChI is InChI=1S/C12H20N4OSi/c1-18(2,3)7-6-17-9-16-5-4-10-11(13)14-8-15-12(10)16/h4-5,8H,6-7,9H2,1-3H3,(H2,13,14,15). The van der Waals surface area contributed by atoms with Crippen LogP contribution in [0.1, 0.15) is 0 Å². The van der Waals surface area contributed by atoms with Gasteiger partial charge in [0, 0.05) is 20.9 Å². The van der Waals surface area contributed by atoms with Crippen LogP contribution in [0.25, 0.3) is 11.0 Å². The summed E-state index contributed by atoms with van der Waals surface area (Å²) in [6.07, 6.45) is 3.42. The molecule has 0 spiro atoms. The Morgan fingerprint density at radius 3 is 2.83 bits per heavy atom. The second-order valence-corrected chi connectivity index (χ2v) is 11.3. The van der Waals surface area contributed by atoms with Gasteiger partial charge in [-0.05, 0) is 12.1 Å². The lowest BCUT2D eigenvalue weighted by molar-refractivity contribution is 0.0899. The largest absolute Gasteiger partial charge is 0.383 e. The molecule has 0 aliphatic carbocycles. The van der Waals surface area contributed by atoms with Crippen molar-refractivity contribution in [1.82, 2.24) is 14.5 Å². The number of anilines is 1. The van der Waals surface area contributed by atoms with E-state index in [-0.39, 0.29) is 0 Å². The van der Waals surface area contributed by atoms with Gasteiger partial charge in [0.15, 0.2) is 0 Å². The summed E-state index contributed by atoms with van der Waals surface area (Å²) in [5.41, 5.74) is 6.61. The van der Waals surface area contributed by atoms with E-state index in [1.807, 2.05) is 16.8 Å². The zero-order chi connectivity index (χ0) is 13.2. The van der Waals surface area contributed by atoms with E-state index in [9.17, 15) is 0 Å². The van der Waals surface area contributed by atoms with Crippen molar-refractivity contribution < 1.29 is 4.74 Å². The van der Waals surface area contributed by atoms with E-state index < -0.39 is 8.07 Å². The number of nitrogens with zero attached hydrogens (tertiary/aromatic N) is 3. The van der Waals surface area contributed by atoms with Gasteiger partial charge in [-0.1, -0.05) is 19.6 Å². The highest BCUT2D eigenvalue weighted by molar-refractivity contribution is 6.76. The van der Waals surface area contributed by atoms with E-state index in [0.717, 1.165) is 17.6 Å². The molecule has 0 saturated heterocycles. The lowest BCUT2D eigenvalue weighted by Gasteiger charge is -2.15. The van der Waals surface area contributed by atoms with Crippen LogP contribution in [-0.2, 0) is 11.5 Å². The predicted molar refractivity (Wildman–Crippen MR) is 76.0 cm³/mol. The van der Waals surface area contributed by atoms with Crippen LogP contribution in [0.3, 0.4) is 0 Å². The highest BCUT2D eigenvalue weighted by atomic mass is 28.3. The first kappa shape index (κ1) is 13.0. The molecule has 6 heteroatoms. The summed E-state index contributed by atoms with van der Waals surface area (Å²) in [6.45, 7) is 8.35. The predicted octanol–water partition coefficient (Wildman–Crippen LogP) is 2.33. The lowest BCUT2D eigenvalue weighted by atomic mass is 10.4. The van der Waals surface area contributed by atoms with Gasteiger partial charge in [-0.2, -0.15) is 0 Å². The van der Waals surface area contributed by atoms with Gasteiger partial charge in [0.2, 0.25) is 0 Å². The minimum atomic E-state index is -1.02. The molecule has 0 aromatic carbocycles. The minimum Gasteiger partial charge on any atom is -0.383 e. The van der Waals surface area contributed by atoms with Gasteiger partial charge in [0.05, 0.1) is 5.39 Å². The molecule has 0 amide bonds. The highest BCUT2D eigenvalue weighted by Gasteiger charge is 2.12. The Labute approximate surface area is 108 Å². The van der Waals surface area contributed by atoms with Crippen LogP contribution < -0.4 is 5.73 Å². The van der Waals surface area contributed by atoms with Crippen LogP contribution in [-0.4, -0.2) is 29.2 Å². The van der Waals surface area contributed by atoms with Crippen LogP contribution in [0, 0.1) is 0 Å². The average molecular weight is 264 g/mol. The van der Waals surface area contributed by atoms with Gasteiger partial charge in [-0.25, -0.2) is 9.97 Å². The molecule has 18 heavy (non-hydrogen) atoms. The summed E-state index contributed by atoms with van der Waals surface area (Å²) in [6, 6.07) is 3.09. The normalized spacial score (nSPS) is 12.2. The van der Waals surface area contributed by atoms with Crippen LogP contribution in [0.2, 0.25) is 25.7 Å². The van der Waals surface area contributed by atoms with Gasteiger partial charge in [0.25, 0.3) is 0 Å². The van der Waals surface area contributed by atoms with Gasteiger partial charge in [-0.15, -0.1) is 0 Å². The monoisotopic (exact) mass is 264 g/mol. The summed E-state index contributed by atoms with van der Waals surface area (Å²) in [7, 11) is -1.02. The molecule has 0 atom stereocenters. The van der Waals surface area contributed by atoms with E-state index in [0.29, 0.717) is 12.5 Å². The molecule has 5 nitrogen and oxygen atoms in total. The number of nitrogens with two attached hydrogens (primary N) is 1. The summed E-state index contributed by atoms with van der Waals surface area (Å²) in [5.74, 6) is 0.515. The number of fused-ring (bicyclic) bond motifs is 1. The van der Waals surface area contributed by atoms with Crippen LogP contribution in [0.4, 0.5) is 5.82 Å². The Hall–Kier alpha value is -1.40. The van der Waals surface area contributed by atoms with Crippen molar-refractivity contribution in [3.05, 3.63) is 18.6 Å². The third-order valence-electron chi connectivity index (χ3n) is 2.81. The van der Waals surface area contributed by atoms with Crippen LogP contribution in [0.15, 0.2) is 18.6 Å². The summed E-state index contributed by atoms with van der Waals surface area (Å²) >= 11 is 0. The van der Waals surface area contributed by atoms with Crippen molar-refractivity contribution in [2.45, 2.75) is 32.4 Å². The van der Waals surface area contributed by atoms with Crippen molar-refractivity contribution in [2.75, 3.05) is 12.3 Å². The fourth-order valence-corrected chi connectivity index (χ4v) is 2.43. The summed E-state index contributed by atoms with van der Waals surface area (Å²) < 4.78 is 7.65. The average Bonchev–Trinajstić information content (AvgIpc) is 2.68. The van der Waals surface area contributed by atoms with E-state index >= 15 is 0 Å². The fourth-order valence-electron chi connectivity index (χ4n) is 1.67. The molecular formula is C12H20N4OSi. The topological polar surface area (TPSA) is 66.0 Å². The number of nitrogen functional groups attached to an aromatic ring is 1. The minimum absolute atomic E-state index is 0.515. The maximum atomic E-state index is 5.78. The molecule has 98 valence electrons. The number of hydrogen-bond donors (Lipinski definition) is 1. The maximum Gasteiger partial charge on any atom is 0.147 e. The molecule has 0 fully saturated rings. The lowest BCUT2D eigenvalue weighted by Crippen LogP contribution is -2.22. The number of hydrogen-bond acceptors (Lipinski definition) is 4. The second kappa shape index (κ2) is 5.07. The Morgan fingerprint density at radius 2 is 2.11 bits per heavy atom. The molecule has 2 heterocycles. The SMILES string of the molecule is C[Si](C)(C)CCOCn1ccc2c(N)ncnc21. The molecule has 2 N–H and O–H groups in total. The highest BCUT2D eigenvalue weighted by Crippen LogP contribution is 2.17. The quantitative estimate of drug-likeness (QED) is 0.665. The zero-order valence-corrected chi connectivity index (χ0v) is 12.2. The molecule has 2 rings (SSSR count). The number of rotatable bonds is 5. The van der Waals surface area contributed by atoms with Crippen molar-refractivity contribution in [2.24, 2.45) is 0 Å². The second-order valence-electron chi connectivity index (χ2n) is 5.63. The van der Waals surface area contributed by atoms with Crippen molar-refractivity contribution in [3.8, 4) is 0 Å². The summed E-state index contributed by atoms with van der Waals surface area (Å²) in [5, 5.41) is 0.881. The Morgan fingerprint density at radius 1 is 1.33 bits per heavy atom. The molecule has 2 aromatic rings. The Balaban J connectivity index is 1.98. The third-order valence-corrected chi connectivity index (χ3v) is 4.52. The first-order chi connectivity index (χ1) is 8.47. The van der Waals surface area contributed by atoms with Gasteiger partial charge in [-0.3, -0.25) is 0 Å². The molecule has 0 radical (unpaired) electrons. The van der Waals surface area contributed by atoms with Crippen molar-refractivity contribution in [3.63, 3.8) is 0 Å². The van der Waals surface area contributed by atoms with Crippen LogP contribution >= 0.6 is 0 Å².